The Hall–Kier alpha value is -1.35. The number of nitrogens with two attached hydrogens (primary N) is 1. The van der Waals surface area contributed by atoms with E-state index in [0.717, 1.165) is 5.69 Å². The monoisotopic (exact) mass is 206 g/mol. The third kappa shape index (κ3) is 2.80. The molecule has 0 fully saturated rings. The third-order valence-electron chi connectivity index (χ3n) is 2.41. The molecule has 0 saturated carbocycles. The molecule has 15 heavy (non-hydrogen) atoms. The zero-order chi connectivity index (χ0) is 11.3. The number of anilines is 1. The smallest absolute Gasteiger partial charge is 0.243 e. The molecule has 0 bridgehead atoms. The van der Waals surface area contributed by atoms with Crippen LogP contribution < -0.4 is 10.6 Å². The minimum atomic E-state index is -0.398. The maximum absolute atomic E-state index is 11.9. The first kappa shape index (κ1) is 11.7. The van der Waals surface area contributed by atoms with Gasteiger partial charge in [0.25, 0.3) is 0 Å². The SMILES string of the molecule is CCC(N)C(=O)N(CC)c1ccccc1. The summed E-state index contributed by atoms with van der Waals surface area (Å²) in [7, 11) is 0. The van der Waals surface area contributed by atoms with Crippen LogP contribution in [0.1, 0.15) is 20.3 Å². The molecule has 1 amide bonds. The van der Waals surface area contributed by atoms with Crippen LogP contribution in [0.3, 0.4) is 0 Å². The molecule has 0 spiro atoms. The van der Waals surface area contributed by atoms with E-state index in [1.807, 2.05) is 44.2 Å². The highest BCUT2D eigenvalue weighted by atomic mass is 16.2. The van der Waals surface area contributed by atoms with E-state index < -0.39 is 6.04 Å². The van der Waals surface area contributed by atoms with Crippen LogP contribution in [0.2, 0.25) is 0 Å². The van der Waals surface area contributed by atoms with Crippen molar-refractivity contribution in [3.05, 3.63) is 30.3 Å². The number of hydrogen-bond acceptors (Lipinski definition) is 2. The van der Waals surface area contributed by atoms with Gasteiger partial charge in [0.2, 0.25) is 5.91 Å². The van der Waals surface area contributed by atoms with E-state index in [1.54, 1.807) is 4.90 Å². The molecular weight excluding hydrogens is 188 g/mol. The number of carbonyl (C=O) groups excluding carboxylic acids is 1. The highest BCUT2D eigenvalue weighted by molar-refractivity contribution is 5.96. The zero-order valence-corrected chi connectivity index (χ0v) is 9.31. The van der Waals surface area contributed by atoms with Crippen molar-refractivity contribution in [2.24, 2.45) is 5.73 Å². The van der Waals surface area contributed by atoms with Crippen LogP contribution >= 0.6 is 0 Å². The molecule has 1 aromatic rings. The van der Waals surface area contributed by atoms with Crippen LogP contribution in [0.15, 0.2) is 30.3 Å². The van der Waals surface area contributed by atoms with Gasteiger partial charge in [0.15, 0.2) is 0 Å². The van der Waals surface area contributed by atoms with Gasteiger partial charge >= 0.3 is 0 Å². The van der Waals surface area contributed by atoms with E-state index in [9.17, 15) is 4.79 Å². The fourth-order valence-electron chi connectivity index (χ4n) is 1.45. The molecule has 3 nitrogen and oxygen atoms in total. The van der Waals surface area contributed by atoms with Crippen molar-refractivity contribution in [2.75, 3.05) is 11.4 Å². The Balaban J connectivity index is 2.85. The molecule has 3 heteroatoms. The summed E-state index contributed by atoms with van der Waals surface area (Å²) in [6, 6.07) is 9.21. The number of para-hydroxylation sites is 1. The first-order valence-electron chi connectivity index (χ1n) is 5.32. The molecular formula is C12H18N2O. The van der Waals surface area contributed by atoms with Gasteiger partial charge < -0.3 is 10.6 Å². The summed E-state index contributed by atoms with van der Waals surface area (Å²) in [5.41, 5.74) is 6.65. The molecule has 0 heterocycles. The van der Waals surface area contributed by atoms with Crippen molar-refractivity contribution in [1.82, 2.24) is 0 Å². The van der Waals surface area contributed by atoms with Gasteiger partial charge in [0.05, 0.1) is 6.04 Å². The number of benzene rings is 1. The summed E-state index contributed by atoms with van der Waals surface area (Å²) in [4.78, 5) is 13.6. The number of hydrogen-bond donors (Lipinski definition) is 1. The van der Waals surface area contributed by atoms with Gasteiger partial charge in [-0.1, -0.05) is 25.1 Å². The molecule has 1 rings (SSSR count). The van der Waals surface area contributed by atoms with Crippen LogP contribution in [0.5, 0.6) is 0 Å². The number of likely N-dealkylation sites (N-methyl/N-ethyl adjacent to an activating group) is 1. The second-order valence-electron chi connectivity index (χ2n) is 3.43. The van der Waals surface area contributed by atoms with Crippen LogP contribution in [0.4, 0.5) is 5.69 Å². The standard InChI is InChI=1S/C12H18N2O/c1-3-11(13)12(15)14(4-2)10-8-6-5-7-9-10/h5-9,11H,3-4,13H2,1-2H3. The molecule has 0 aromatic heterocycles. The fraction of sp³-hybridized carbons (Fsp3) is 0.417. The predicted octanol–water partition coefficient (Wildman–Crippen LogP) is 1.78. The van der Waals surface area contributed by atoms with Crippen molar-refractivity contribution in [2.45, 2.75) is 26.3 Å². The Labute approximate surface area is 90.9 Å². The molecule has 0 saturated heterocycles. The molecule has 82 valence electrons. The second-order valence-corrected chi connectivity index (χ2v) is 3.43. The van der Waals surface area contributed by atoms with Gasteiger partial charge in [0, 0.05) is 12.2 Å². The fourth-order valence-corrected chi connectivity index (χ4v) is 1.45. The number of amides is 1. The number of carbonyl (C=O) groups is 1. The van der Waals surface area contributed by atoms with Crippen molar-refractivity contribution in [3.63, 3.8) is 0 Å². The van der Waals surface area contributed by atoms with Crippen molar-refractivity contribution < 1.29 is 4.79 Å². The Kier molecular flexibility index (Phi) is 4.31. The average Bonchev–Trinajstić information content (AvgIpc) is 2.30. The quantitative estimate of drug-likeness (QED) is 0.816. The van der Waals surface area contributed by atoms with E-state index in [0.29, 0.717) is 13.0 Å². The van der Waals surface area contributed by atoms with Crippen LogP contribution in [0, 0.1) is 0 Å². The van der Waals surface area contributed by atoms with Crippen LogP contribution in [0.25, 0.3) is 0 Å². The molecule has 1 unspecified atom stereocenters. The van der Waals surface area contributed by atoms with Gasteiger partial charge in [-0.25, -0.2) is 0 Å². The maximum atomic E-state index is 11.9. The number of rotatable bonds is 4. The normalized spacial score (nSPS) is 12.2. The van der Waals surface area contributed by atoms with E-state index in [-0.39, 0.29) is 5.91 Å². The Morgan fingerprint density at radius 1 is 1.33 bits per heavy atom. The van der Waals surface area contributed by atoms with E-state index in [2.05, 4.69) is 0 Å². The van der Waals surface area contributed by atoms with Crippen molar-refractivity contribution in [1.29, 1.82) is 0 Å². The lowest BCUT2D eigenvalue weighted by molar-refractivity contribution is -0.119. The maximum Gasteiger partial charge on any atom is 0.243 e. The van der Waals surface area contributed by atoms with E-state index in [1.165, 1.54) is 0 Å². The first-order chi connectivity index (χ1) is 7.20. The Morgan fingerprint density at radius 3 is 2.40 bits per heavy atom. The van der Waals surface area contributed by atoms with E-state index in [4.69, 9.17) is 5.73 Å². The summed E-state index contributed by atoms with van der Waals surface area (Å²) in [5.74, 6) is -0.00815. The lowest BCUT2D eigenvalue weighted by Gasteiger charge is -2.23. The molecule has 1 atom stereocenters. The van der Waals surface area contributed by atoms with Gasteiger partial charge in [0.1, 0.15) is 0 Å². The summed E-state index contributed by atoms with van der Waals surface area (Å²) in [5, 5.41) is 0. The molecule has 0 radical (unpaired) electrons. The topological polar surface area (TPSA) is 46.3 Å². The highest BCUT2D eigenvalue weighted by Crippen LogP contribution is 2.14. The van der Waals surface area contributed by atoms with Gasteiger partial charge in [-0.15, -0.1) is 0 Å². The Bertz CT molecular complexity index is 311. The average molecular weight is 206 g/mol. The van der Waals surface area contributed by atoms with Gasteiger partial charge in [-0.3, -0.25) is 4.79 Å². The summed E-state index contributed by atoms with van der Waals surface area (Å²) in [6.45, 7) is 4.52. The molecule has 2 N–H and O–H groups in total. The summed E-state index contributed by atoms with van der Waals surface area (Å²) >= 11 is 0. The van der Waals surface area contributed by atoms with Crippen molar-refractivity contribution >= 4 is 11.6 Å². The zero-order valence-electron chi connectivity index (χ0n) is 9.31. The van der Waals surface area contributed by atoms with E-state index >= 15 is 0 Å². The molecule has 0 aliphatic carbocycles. The lowest BCUT2D eigenvalue weighted by atomic mass is 10.2. The first-order valence-corrected chi connectivity index (χ1v) is 5.32. The summed E-state index contributed by atoms with van der Waals surface area (Å²) in [6.07, 6.45) is 0.669. The van der Waals surface area contributed by atoms with Crippen molar-refractivity contribution in [3.8, 4) is 0 Å². The Morgan fingerprint density at radius 2 is 1.93 bits per heavy atom. The van der Waals surface area contributed by atoms with Gasteiger partial charge in [-0.05, 0) is 25.5 Å². The lowest BCUT2D eigenvalue weighted by Crippen LogP contribution is -2.43. The second kappa shape index (κ2) is 5.51. The molecule has 1 aromatic carbocycles. The largest absolute Gasteiger partial charge is 0.320 e. The van der Waals surface area contributed by atoms with Gasteiger partial charge in [-0.2, -0.15) is 0 Å². The van der Waals surface area contributed by atoms with Crippen LogP contribution in [-0.4, -0.2) is 18.5 Å². The predicted molar refractivity (Wildman–Crippen MR) is 62.7 cm³/mol. The third-order valence-corrected chi connectivity index (χ3v) is 2.41. The highest BCUT2D eigenvalue weighted by Gasteiger charge is 2.18. The molecule has 0 aliphatic rings. The minimum absolute atomic E-state index is 0.00815. The number of nitrogens with zero attached hydrogens (tertiary/aromatic N) is 1. The van der Waals surface area contributed by atoms with Crippen LogP contribution in [-0.2, 0) is 4.79 Å². The molecule has 0 aliphatic heterocycles. The summed E-state index contributed by atoms with van der Waals surface area (Å²) < 4.78 is 0. The minimum Gasteiger partial charge on any atom is -0.320 e.